The summed E-state index contributed by atoms with van der Waals surface area (Å²) in [5.74, 6) is -1.70. The van der Waals surface area contributed by atoms with Crippen molar-refractivity contribution in [3.05, 3.63) is 53.9 Å². The van der Waals surface area contributed by atoms with E-state index in [1.807, 2.05) is 25.1 Å². The van der Waals surface area contributed by atoms with Crippen molar-refractivity contribution >= 4 is 11.9 Å². The average molecular weight is 477 g/mol. The molecule has 1 heterocycles. The van der Waals surface area contributed by atoms with Gasteiger partial charge in [-0.3, -0.25) is 4.79 Å². The van der Waals surface area contributed by atoms with Crippen LogP contribution >= 0.6 is 0 Å². The first kappa shape index (κ1) is 28.9. The molecule has 188 valence electrons. The third-order valence-electron chi connectivity index (χ3n) is 4.52. The predicted molar refractivity (Wildman–Crippen MR) is 128 cm³/mol. The molecule has 9 nitrogen and oxygen atoms in total. The number of pyridine rings is 1. The molecule has 0 bridgehead atoms. The minimum Gasteiger partial charge on any atom is -0.503 e. The van der Waals surface area contributed by atoms with E-state index in [9.17, 15) is 14.7 Å². The molecule has 0 saturated heterocycles. The maximum Gasteiger partial charge on any atom is 0.331 e. The fraction of sp³-hybridized carbons (Fsp3) is 0.480. The van der Waals surface area contributed by atoms with E-state index in [-0.39, 0.29) is 24.2 Å². The van der Waals surface area contributed by atoms with Crippen molar-refractivity contribution < 1.29 is 33.6 Å². The van der Waals surface area contributed by atoms with E-state index in [1.54, 1.807) is 6.92 Å². The van der Waals surface area contributed by atoms with Gasteiger partial charge in [0, 0.05) is 32.4 Å². The molecule has 0 fully saturated rings. The molecular weight excluding hydrogens is 440 g/mol. The number of methoxy groups -OCH3 is 2. The first-order valence-electron chi connectivity index (χ1n) is 11.2. The summed E-state index contributed by atoms with van der Waals surface area (Å²) in [6.45, 7) is 6.88. The van der Waals surface area contributed by atoms with Gasteiger partial charge in [-0.15, -0.1) is 0 Å². The lowest BCUT2D eigenvalue weighted by Gasteiger charge is -2.20. The van der Waals surface area contributed by atoms with E-state index >= 15 is 0 Å². The lowest BCUT2D eigenvalue weighted by molar-refractivity contribution is -0.152. The predicted octanol–water partition coefficient (Wildman–Crippen LogP) is 3.28. The molecule has 0 radical (unpaired) electrons. The Hall–Kier alpha value is -3.17. The number of carbonyl (C=O) groups excluding carboxylic acids is 2. The van der Waals surface area contributed by atoms with Gasteiger partial charge in [-0.05, 0) is 20.3 Å². The Labute approximate surface area is 201 Å². The number of benzene rings is 1. The van der Waals surface area contributed by atoms with Crippen LogP contribution in [0.15, 0.2) is 42.6 Å². The average Bonchev–Trinajstić information content (AvgIpc) is 2.82. The van der Waals surface area contributed by atoms with Gasteiger partial charge in [-0.1, -0.05) is 42.8 Å². The van der Waals surface area contributed by atoms with Crippen LogP contribution in [-0.4, -0.2) is 68.2 Å². The number of esters is 1. The minimum absolute atomic E-state index is 0.0889. The number of ether oxygens (including phenoxy) is 4. The van der Waals surface area contributed by atoms with Crippen LogP contribution in [0.1, 0.15) is 42.7 Å². The number of hydrogen-bond donors (Lipinski definition) is 2. The standard InChI is InChI=1S/C18H28N2O7.C7H8/c1-5-9-26-10-7-12(2)27-18(23)13(11-24-3)20-17(22)15-16(21)14(25-4)6-8-19-15;1-7-5-3-2-4-6-7/h6,8,12-13,21H,5,7,9-11H2,1-4H3,(H,20,22);2-6H,1H3. The summed E-state index contributed by atoms with van der Waals surface area (Å²) in [4.78, 5) is 28.5. The minimum atomic E-state index is -1.05. The molecule has 0 aliphatic carbocycles. The Morgan fingerprint density at radius 3 is 2.38 bits per heavy atom. The van der Waals surface area contributed by atoms with Crippen LogP contribution in [0.5, 0.6) is 11.5 Å². The maximum atomic E-state index is 12.4. The second kappa shape index (κ2) is 16.4. The summed E-state index contributed by atoms with van der Waals surface area (Å²) in [6.07, 6.45) is 2.39. The van der Waals surface area contributed by atoms with E-state index < -0.39 is 23.7 Å². The number of nitrogens with one attached hydrogen (secondary N) is 1. The lowest BCUT2D eigenvalue weighted by Crippen LogP contribution is -2.46. The van der Waals surface area contributed by atoms with Gasteiger partial charge in [0.25, 0.3) is 5.91 Å². The SMILES string of the molecule is CCCOCCC(C)OC(=O)C(COC)NC(=O)c1nccc(OC)c1O.Cc1ccccc1. The van der Waals surface area contributed by atoms with Crippen molar-refractivity contribution in [3.63, 3.8) is 0 Å². The Bertz CT molecular complexity index is 862. The van der Waals surface area contributed by atoms with Gasteiger partial charge < -0.3 is 29.4 Å². The molecule has 0 aliphatic heterocycles. The molecule has 34 heavy (non-hydrogen) atoms. The molecule has 2 aromatic rings. The van der Waals surface area contributed by atoms with Crippen LogP contribution in [0, 0.1) is 6.92 Å². The number of carbonyl (C=O) groups is 2. The number of amides is 1. The number of rotatable bonds is 12. The summed E-state index contributed by atoms with van der Waals surface area (Å²) in [7, 11) is 2.75. The molecule has 1 aromatic heterocycles. The fourth-order valence-electron chi connectivity index (χ4n) is 2.70. The van der Waals surface area contributed by atoms with Gasteiger partial charge in [-0.25, -0.2) is 9.78 Å². The van der Waals surface area contributed by atoms with Crippen molar-refractivity contribution in [1.29, 1.82) is 0 Å². The van der Waals surface area contributed by atoms with E-state index in [2.05, 4.69) is 29.4 Å². The van der Waals surface area contributed by atoms with Crippen LogP contribution in [-0.2, 0) is 19.0 Å². The van der Waals surface area contributed by atoms with Crippen LogP contribution in [0.2, 0.25) is 0 Å². The third-order valence-corrected chi connectivity index (χ3v) is 4.52. The molecule has 0 saturated carbocycles. The number of aryl methyl sites for hydroxylation is 1. The summed E-state index contributed by atoms with van der Waals surface area (Å²) in [5, 5.41) is 12.5. The lowest BCUT2D eigenvalue weighted by atomic mass is 10.2. The van der Waals surface area contributed by atoms with Gasteiger partial charge in [-0.2, -0.15) is 0 Å². The Kier molecular flexibility index (Phi) is 14.0. The van der Waals surface area contributed by atoms with Crippen molar-refractivity contribution in [2.24, 2.45) is 0 Å². The van der Waals surface area contributed by atoms with Gasteiger partial charge in [0.2, 0.25) is 0 Å². The Morgan fingerprint density at radius 2 is 1.82 bits per heavy atom. The van der Waals surface area contributed by atoms with Crippen LogP contribution < -0.4 is 10.1 Å². The Morgan fingerprint density at radius 1 is 1.12 bits per heavy atom. The summed E-state index contributed by atoms with van der Waals surface area (Å²) in [5.41, 5.74) is 1.06. The Balaban J connectivity index is 0.000000700. The van der Waals surface area contributed by atoms with E-state index in [0.717, 1.165) is 6.42 Å². The largest absolute Gasteiger partial charge is 0.503 e. The van der Waals surface area contributed by atoms with E-state index in [0.29, 0.717) is 19.6 Å². The highest BCUT2D eigenvalue weighted by Crippen LogP contribution is 2.27. The number of nitrogens with zero attached hydrogens (tertiary/aromatic N) is 1. The first-order chi connectivity index (χ1) is 16.3. The number of hydrogen-bond acceptors (Lipinski definition) is 8. The second-order valence-electron chi connectivity index (χ2n) is 7.50. The zero-order valence-electron chi connectivity index (χ0n) is 20.6. The zero-order chi connectivity index (χ0) is 25.3. The second-order valence-corrected chi connectivity index (χ2v) is 7.50. The fourth-order valence-corrected chi connectivity index (χ4v) is 2.70. The normalized spacial score (nSPS) is 12.0. The molecule has 1 amide bonds. The van der Waals surface area contributed by atoms with Gasteiger partial charge >= 0.3 is 5.97 Å². The smallest absolute Gasteiger partial charge is 0.331 e. The molecule has 9 heteroatoms. The third kappa shape index (κ3) is 10.6. The van der Waals surface area contributed by atoms with E-state index in [1.165, 1.54) is 32.0 Å². The quantitative estimate of drug-likeness (QED) is 0.354. The molecule has 0 spiro atoms. The van der Waals surface area contributed by atoms with Gasteiger partial charge in [0.1, 0.15) is 6.10 Å². The first-order valence-corrected chi connectivity index (χ1v) is 11.2. The van der Waals surface area contributed by atoms with Crippen molar-refractivity contribution in [3.8, 4) is 11.5 Å². The van der Waals surface area contributed by atoms with E-state index in [4.69, 9.17) is 18.9 Å². The van der Waals surface area contributed by atoms with Crippen LogP contribution in [0.3, 0.4) is 0 Å². The molecule has 1 aromatic carbocycles. The molecule has 0 aliphatic rings. The highest BCUT2D eigenvalue weighted by Gasteiger charge is 2.27. The highest BCUT2D eigenvalue weighted by atomic mass is 16.6. The summed E-state index contributed by atoms with van der Waals surface area (Å²) >= 11 is 0. The maximum absolute atomic E-state index is 12.4. The van der Waals surface area contributed by atoms with Crippen LogP contribution in [0.25, 0.3) is 0 Å². The molecule has 2 atom stereocenters. The van der Waals surface area contributed by atoms with Crippen molar-refractivity contribution in [2.75, 3.05) is 34.0 Å². The van der Waals surface area contributed by atoms with Crippen molar-refractivity contribution in [1.82, 2.24) is 10.3 Å². The van der Waals surface area contributed by atoms with Crippen LogP contribution in [0.4, 0.5) is 0 Å². The van der Waals surface area contributed by atoms with Gasteiger partial charge in [0.05, 0.1) is 20.3 Å². The molecule has 2 N–H and O–H groups in total. The topological polar surface area (TPSA) is 116 Å². The molecule has 2 unspecified atom stereocenters. The zero-order valence-corrected chi connectivity index (χ0v) is 20.6. The summed E-state index contributed by atoms with van der Waals surface area (Å²) < 4.78 is 20.6. The number of aromatic hydroxyl groups is 1. The van der Waals surface area contributed by atoms with Crippen molar-refractivity contribution in [2.45, 2.75) is 45.8 Å². The van der Waals surface area contributed by atoms with Gasteiger partial charge in [0.15, 0.2) is 23.2 Å². The number of aromatic nitrogens is 1. The molecule has 2 rings (SSSR count). The molecular formula is C25H36N2O7. The monoisotopic (exact) mass is 476 g/mol. The summed E-state index contributed by atoms with van der Waals surface area (Å²) in [6, 6.07) is 10.6. The highest BCUT2D eigenvalue weighted by molar-refractivity contribution is 5.98.